The minimum atomic E-state index is -0.240. The van der Waals surface area contributed by atoms with Gasteiger partial charge in [0.2, 0.25) is 0 Å². The van der Waals surface area contributed by atoms with E-state index in [0.717, 1.165) is 22.3 Å². The number of hydrogen-bond acceptors (Lipinski definition) is 6. The Morgan fingerprint density at radius 1 is 1.00 bits per heavy atom. The molecule has 0 bridgehead atoms. The van der Waals surface area contributed by atoms with Gasteiger partial charge in [0.15, 0.2) is 5.65 Å². The van der Waals surface area contributed by atoms with Crippen LogP contribution in [0.2, 0.25) is 0 Å². The highest BCUT2D eigenvalue weighted by atomic mass is 16.1. The van der Waals surface area contributed by atoms with E-state index in [2.05, 4.69) is 30.9 Å². The first-order valence-electron chi connectivity index (χ1n) is 9.26. The number of nitrogens with one attached hydrogen (secondary N) is 1. The van der Waals surface area contributed by atoms with E-state index in [1.54, 1.807) is 30.6 Å². The molecule has 0 aliphatic rings. The molecule has 1 N–H and O–H groups in total. The molecule has 0 fully saturated rings. The zero-order chi connectivity index (χ0) is 20.3. The van der Waals surface area contributed by atoms with E-state index in [-0.39, 0.29) is 5.91 Å². The number of pyridine rings is 1. The smallest absolute Gasteiger partial charge is 0.257 e. The summed E-state index contributed by atoms with van der Waals surface area (Å²) in [5.41, 5.74) is 3.80. The quantitative estimate of drug-likeness (QED) is 0.490. The van der Waals surface area contributed by atoms with Crippen LogP contribution < -0.4 is 5.32 Å². The molecular weight excluding hydrogens is 380 g/mol. The lowest BCUT2D eigenvalue weighted by Gasteiger charge is -2.07. The van der Waals surface area contributed by atoms with Crippen molar-refractivity contribution in [3.05, 3.63) is 90.5 Å². The monoisotopic (exact) mass is 396 g/mol. The second-order valence-corrected chi connectivity index (χ2v) is 6.68. The molecule has 9 heteroatoms. The van der Waals surface area contributed by atoms with E-state index in [0.29, 0.717) is 17.8 Å². The van der Waals surface area contributed by atoms with E-state index < -0.39 is 0 Å². The molecule has 0 unspecified atom stereocenters. The normalized spacial score (nSPS) is 10.9. The number of fused-ring (bicyclic) bond motifs is 1. The number of carbonyl (C=O) groups is 1. The Labute approximate surface area is 171 Å². The van der Waals surface area contributed by atoms with Gasteiger partial charge in [0.05, 0.1) is 24.0 Å². The van der Waals surface area contributed by atoms with Crippen LogP contribution in [0.3, 0.4) is 0 Å². The number of hydrogen-bond donors (Lipinski definition) is 1. The number of benzene rings is 2. The number of rotatable bonds is 5. The largest absolute Gasteiger partial charge is 0.322 e. The summed E-state index contributed by atoms with van der Waals surface area (Å²) in [6, 6.07) is 19.1. The van der Waals surface area contributed by atoms with Gasteiger partial charge in [-0.15, -0.1) is 5.10 Å². The maximum Gasteiger partial charge on any atom is 0.257 e. The zero-order valence-electron chi connectivity index (χ0n) is 15.8. The van der Waals surface area contributed by atoms with Crippen molar-refractivity contribution in [2.75, 3.05) is 5.32 Å². The molecule has 0 aliphatic heterocycles. The Bertz CT molecular complexity index is 1290. The molecule has 146 valence electrons. The Hall–Kier alpha value is -4.40. The first-order valence-corrected chi connectivity index (χ1v) is 9.26. The maximum absolute atomic E-state index is 12.7. The van der Waals surface area contributed by atoms with Crippen LogP contribution in [-0.2, 0) is 6.54 Å². The molecule has 0 spiro atoms. The van der Waals surface area contributed by atoms with E-state index in [9.17, 15) is 4.79 Å². The van der Waals surface area contributed by atoms with Gasteiger partial charge in [-0.25, -0.2) is 14.3 Å². The lowest BCUT2D eigenvalue weighted by molar-refractivity contribution is 0.102. The summed E-state index contributed by atoms with van der Waals surface area (Å²) >= 11 is 0. The molecule has 3 aromatic heterocycles. The predicted octanol–water partition coefficient (Wildman–Crippen LogP) is 2.71. The molecule has 0 atom stereocenters. The summed E-state index contributed by atoms with van der Waals surface area (Å²) in [6.07, 6.45) is 4.80. The van der Waals surface area contributed by atoms with Crippen molar-refractivity contribution < 1.29 is 4.79 Å². The van der Waals surface area contributed by atoms with Gasteiger partial charge in [-0.05, 0) is 46.3 Å². The van der Waals surface area contributed by atoms with Crippen LogP contribution in [0.4, 0.5) is 5.69 Å². The van der Waals surface area contributed by atoms with Gasteiger partial charge in [-0.1, -0.05) is 30.3 Å². The molecule has 3 heterocycles. The van der Waals surface area contributed by atoms with Crippen LogP contribution in [0, 0.1) is 0 Å². The van der Waals surface area contributed by atoms with Crippen LogP contribution in [0.1, 0.15) is 15.9 Å². The lowest BCUT2D eigenvalue weighted by atomic mass is 10.2. The summed E-state index contributed by atoms with van der Waals surface area (Å²) < 4.78 is 3.36. The summed E-state index contributed by atoms with van der Waals surface area (Å²) in [5, 5.41) is 19.2. The third kappa shape index (κ3) is 3.51. The number of nitrogens with zero attached hydrogens (tertiary/aromatic N) is 7. The minimum Gasteiger partial charge on any atom is -0.322 e. The van der Waals surface area contributed by atoms with Gasteiger partial charge >= 0.3 is 0 Å². The molecule has 5 aromatic rings. The minimum absolute atomic E-state index is 0.240. The van der Waals surface area contributed by atoms with Crippen LogP contribution >= 0.6 is 0 Å². The molecule has 5 rings (SSSR count). The topological polar surface area (TPSA) is 103 Å². The Morgan fingerprint density at radius 3 is 2.60 bits per heavy atom. The van der Waals surface area contributed by atoms with Crippen molar-refractivity contribution in [1.82, 2.24) is 35.0 Å². The van der Waals surface area contributed by atoms with Crippen molar-refractivity contribution >= 4 is 22.6 Å². The predicted molar refractivity (Wildman–Crippen MR) is 110 cm³/mol. The SMILES string of the molecule is O=C(Nc1ccc(-n2cnnn2)cc1)c1cnc2c(cnn2Cc2ccccc2)c1. The highest BCUT2D eigenvalue weighted by Gasteiger charge is 2.11. The van der Waals surface area contributed by atoms with E-state index >= 15 is 0 Å². The van der Waals surface area contributed by atoms with Gasteiger partial charge in [0.25, 0.3) is 5.91 Å². The molecule has 1 amide bonds. The number of aromatic nitrogens is 7. The van der Waals surface area contributed by atoms with E-state index in [1.807, 2.05) is 47.1 Å². The number of anilines is 1. The Balaban J connectivity index is 1.32. The van der Waals surface area contributed by atoms with Crippen molar-refractivity contribution in [3.8, 4) is 5.69 Å². The number of tetrazole rings is 1. The fraction of sp³-hybridized carbons (Fsp3) is 0.0476. The van der Waals surface area contributed by atoms with E-state index in [4.69, 9.17) is 0 Å². The molecule has 2 aromatic carbocycles. The van der Waals surface area contributed by atoms with Crippen molar-refractivity contribution in [1.29, 1.82) is 0 Å². The second kappa shape index (κ2) is 7.55. The van der Waals surface area contributed by atoms with Crippen molar-refractivity contribution in [3.63, 3.8) is 0 Å². The van der Waals surface area contributed by atoms with Gasteiger partial charge in [-0.2, -0.15) is 5.10 Å². The molecule has 30 heavy (non-hydrogen) atoms. The standard InChI is InChI=1S/C21H16N8O/c30-21(25-18-6-8-19(9-7-18)29-14-23-26-27-29)17-10-16-12-24-28(20(16)22-11-17)13-15-4-2-1-3-5-15/h1-12,14H,13H2,(H,25,30). The third-order valence-electron chi connectivity index (χ3n) is 4.65. The average Bonchev–Trinajstić information content (AvgIpc) is 3.45. The molecule has 0 aliphatic carbocycles. The third-order valence-corrected chi connectivity index (χ3v) is 4.65. The average molecular weight is 396 g/mol. The maximum atomic E-state index is 12.7. The molecule has 0 saturated heterocycles. The highest BCUT2D eigenvalue weighted by molar-refractivity contribution is 6.05. The zero-order valence-corrected chi connectivity index (χ0v) is 15.8. The van der Waals surface area contributed by atoms with Gasteiger partial charge in [0, 0.05) is 17.3 Å². The fourth-order valence-electron chi connectivity index (χ4n) is 3.15. The summed E-state index contributed by atoms with van der Waals surface area (Å²) in [4.78, 5) is 17.1. The van der Waals surface area contributed by atoms with Gasteiger partial charge < -0.3 is 5.32 Å². The van der Waals surface area contributed by atoms with Crippen LogP contribution in [0.15, 0.2) is 79.4 Å². The van der Waals surface area contributed by atoms with E-state index in [1.165, 1.54) is 11.0 Å². The molecule has 9 nitrogen and oxygen atoms in total. The number of carbonyl (C=O) groups excluding carboxylic acids is 1. The fourth-order valence-corrected chi connectivity index (χ4v) is 3.15. The van der Waals surface area contributed by atoms with Crippen LogP contribution in [-0.4, -0.2) is 40.9 Å². The molecule has 0 radical (unpaired) electrons. The van der Waals surface area contributed by atoms with Crippen molar-refractivity contribution in [2.24, 2.45) is 0 Å². The Kier molecular flexibility index (Phi) is 4.45. The summed E-state index contributed by atoms with van der Waals surface area (Å²) in [6.45, 7) is 0.622. The van der Waals surface area contributed by atoms with Gasteiger partial charge in [-0.3, -0.25) is 4.79 Å². The first-order chi connectivity index (χ1) is 14.8. The van der Waals surface area contributed by atoms with Crippen LogP contribution in [0.25, 0.3) is 16.7 Å². The molecular formula is C21H16N8O. The van der Waals surface area contributed by atoms with Gasteiger partial charge in [0.1, 0.15) is 6.33 Å². The second-order valence-electron chi connectivity index (χ2n) is 6.68. The molecule has 0 saturated carbocycles. The number of amides is 1. The van der Waals surface area contributed by atoms with Crippen LogP contribution in [0.5, 0.6) is 0 Å². The first kappa shape index (κ1) is 17.7. The highest BCUT2D eigenvalue weighted by Crippen LogP contribution is 2.17. The summed E-state index contributed by atoms with van der Waals surface area (Å²) in [7, 11) is 0. The Morgan fingerprint density at radius 2 is 1.83 bits per heavy atom. The lowest BCUT2D eigenvalue weighted by Crippen LogP contribution is -2.12. The van der Waals surface area contributed by atoms with Crippen molar-refractivity contribution in [2.45, 2.75) is 6.54 Å². The summed E-state index contributed by atoms with van der Waals surface area (Å²) in [5.74, 6) is -0.240.